The van der Waals surface area contributed by atoms with Gasteiger partial charge in [0.05, 0.1) is 0 Å². The van der Waals surface area contributed by atoms with Crippen LogP contribution >= 0.6 is 0 Å². The van der Waals surface area contributed by atoms with Crippen LogP contribution in [-0.2, 0) is 10.8 Å². The van der Waals surface area contributed by atoms with E-state index >= 15 is 0 Å². The number of hydrogen-bond acceptors (Lipinski definition) is 1. The summed E-state index contributed by atoms with van der Waals surface area (Å²) >= 11 is 0. The monoisotopic (exact) mass is 509 g/mol. The highest BCUT2D eigenvalue weighted by atomic mass is 14.9. The summed E-state index contributed by atoms with van der Waals surface area (Å²) in [6.07, 6.45) is 5.52. The first-order chi connectivity index (χ1) is 18.9. The molecule has 0 amide bonds. The van der Waals surface area contributed by atoms with Gasteiger partial charge >= 0.3 is 0 Å². The third kappa shape index (κ3) is 3.08. The molecule has 1 heteroatoms. The van der Waals surface area contributed by atoms with Gasteiger partial charge in [-0.3, -0.25) is 0 Å². The summed E-state index contributed by atoms with van der Waals surface area (Å²) in [5.74, 6) is 3.11. The van der Waals surface area contributed by atoms with Crippen molar-refractivity contribution in [2.24, 2.45) is 23.7 Å². The smallest absolute Gasteiger partial charge is 0.0467 e. The molecule has 0 radical (unpaired) electrons. The summed E-state index contributed by atoms with van der Waals surface area (Å²) in [5, 5.41) is 3.94. The van der Waals surface area contributed by atoms with Gasteiger partial charge < -0.3 is 5.32 Å². The third-order valence-electron chi connectivity index (χ3n) is 11.2. The quantitative estimate of drug-likeness (QED) is 0.283. The van der Waals surface area contributed by atoms with Gasteiger partial charge in [0.25, 0.3) is 0 Å². The van der Waals surface area contributed by atoms with Gasteiger partial charge in [-0.15, -0.1) is 0 Å². The van der Waals surface area contributed by atoms with Crippen molar-refractivity contribution in [3.8, 4) is 22.3 Å². The number of hydrogen-bond donors (Lipinski definition) is 1. The zero-order chi connectivity index (χ0) is 26.5. The molecular weight excluding hydrogens is 470 g/mol. The Morgan fingerprint density at radius 1 is 0.641 bits per heavy atom. The van der Waals surface area contributed by atoms with Crippen LogP contribution < -0.4 is 5.32 Å². The van der Waals surface area contributed by atoms with Crippen LogP contribution in [0.5, 0.6) is 0 Å². The van der Waals surface area contributed by atoms with Crippen LogP contribution in [0.2, 0.25) is 0 Å². The standard InChI is InChI=1S/C38H39N/c1-23-18-25-20-24(2)38(26(19-23)21-25)32-13-8-6-11-30(32)36-33(38)14-9-15-35(36)39-27-16-17-29-28-10-5-7-12-31(28)37(3,4)34(29)22-27/h5-17,22-26,39H,18-21H2,1-4H3. The van der Waals surface area contributed by atoms with Gasteiger partial charge in [0.1, 0.15) is 0 Å². The Hall–Kier alpha value is -3.32. The number of nitrogens with one attached hydrogen (secondary N) is 1. The lowest BCUT2D eigenvalue weighted by Crippen LogP contribution is -2.49. The fourth-order valence-corrected chi connectivity index (χ4v) is 9.80. The molecule has 2 bridgehead atoms. The van der Waals surface area contributed by atoms with Crippen LogP contribution in [0.3, 0.4) is 0 Å². The maximum absolute atomic E-state index is 3.94. The van der Waals surface area contributed by atoms with E-state index in [1.807, 2.05) is 0 Å². The number of rotatable bonds is 2. The van der Waals surface area contributed by atoms with Crippen LogP contribution in [0.1, 0.15) is 75.6 Å². The fraction of sp³-hybridized carbons (Fsp3) is 0.368. The largest absolute Gasteiger partial charge is 0.355 e. The molecule has 0 aliphatic heterocycles. The van der Waals surface area contributed by atoms with Gasteiger partial charge in [-0.2, -0.15) is 0 Å². The number of anilines is 2. The first-order valence-corrected chi connectivity index (χ1v) is 15.1. The molecule has 5 atom stereocenters. The molecule has 2 fully saturated rings. The Labute approximate surface area is 233 Å². The average Bonchev–Trinajstić information content (AvgIpc) is 3.35. The average molecular weight is 510 g/mol. The van der Waals surface area contributed by atoms with Crippen molar-refractivity contribution in [2.45, 2.75) is 64.2 Å². The molecule has 5 unspecified atom stereocenters. The minimum absolute atomic E-state index is 0.00462. The Morgan fingerprint density at radius 2 is 1.36 bits per heavy atom. The fourth-order valence-electron chi connectivity index (χ4n) is 9.80. The SMILES string of the molecule is CC1CC2CC(C)C3(c4ccccc4-c4c(Nc5ccc6c(c5)C(C)(C)c5ccccc5-6)cccc43)C(C1)C2. The van der Waals surface area contributed by atoms with E-state index < -0.39 is 0 Å². The molecule has 0 aromatic heterocycles. The lowest BCUT2D eigenvalue weighted by molar-refractivity contribution is 0.0426. The Morgan fingerprint density at radius 3 is 2.21 bits per heavy atom. The molecule has 196 valence electrons. The first kappa shape index (κ1) is 23.6. The molecule has 2 saturated carbocycles. The maximum atomic E-state index is 3.94. The second-order valence-electron chi connectivity index (χ2n) is 13.7. The van der Waals surface area contributed by atoms with E-state index in [9.17, 15) is 0 Å². The molecule has 39 heavy (non-hydrogen) atoms. The van der Waals surface area contributed by atoms with E-state index in [0.717, 1.165) is 17.8 Å². The molecule has 0 heterocycles. The zero-order valence-corrected chi connectivity index (χ0v) is 23.7. The normalized spacial score (nSPS) is 28.9. The van der Waals surface area contributed by atoms with E-state index in [2.05, 4.69) is 118 Å². The van der Waals surface area contributed by atoms with Crippen LogP contribution in [0, 0.1) is 23.7 Å². The Balaban J connectivity index is 1.26. The summed E-state index contributed by atoms with van der Waals surface area (Å²) in [6, 6.07) is 32.4. The molecule has 1 nitrogen and oxygen atoms in total. The Bertz CT molecular complexity index is 1620. The molecule has 4 aliphatic rings. The summed E-state index contributed by atoms with van der Waals surface area (Å²) in [5.41, 5.74) is 14.2. The van der Waals surface area contributed by atoms with E-state index in [1.54, 1.807) is 11.1 Å². The van der Waals surface area contributed by atoms with Gasteiger partial charge in [-0.05, 0) is 106 Å². The van der Waals surface area contributed by atoms with Crippen LogP contribution in [0.25, 0.3) is 22.3 Å². The summed E-state index contributed by atoms with van der Waals surface area (Å²) in [6.45, 7) is 9.78. The van der Waals surface area contributed by atoms with Crippen molar-refractivity contribution in [1.29, 1.82) is 0 Å². The zero-order valence-electron chi connectivity index (χ0n) is 23.7. The van der Waals surface area contributed by atoms with Crippen molar-refractivity contribution in [3.05, 3.63) is 107 Å². The molecule has 1 N–H and O–H groups in total. The molecule has 8 rings (SSSR count). The highest BCUT2D eigenvalue weighted by Crippen LogP contribution is 2.65. The topological polar surface area (TPSA) is 12.0 Å². The van der Waals surface area contributed by atoms with Crippen LogP contribution in [0.15, 0.2) is 84.9 Å². The Kier molecular flexibility index (Phi) is 4.89. The molecular formula is C38H39N. The molecule has 4 aromatic rings. The van der Waals surface area contributed by atoms with E-state index in [-0.39, 0.29) is 10.8 Å². The van der Waals surface area contributed by atoms with Crippen molar-refractivity contribution < 1.29 is 0 Å². The maximum Gasteiger partial charge on any atom is 0.0467 e. The van der Waals surface area contributed by atoms with Crippen molar-refractivity contribution in [3.63, 3.8) is 0 Å². The minimum Gasteiger partial charge on any atom is -0.355 e. The minimum atomic E-state index is 0.00462. The second-order valence-corrected chi connectivity index (χ2v) is 13.7. The number of fused-ring (bicyclic) bond motifs is 11. The van der Waals surface area contributed by atoms with Crippen LogP contribution in [-0.4, -0.2) is 0 Å². The van der Waals surface area contributed by atoms with Crippen molar-refractivity contribution in [2.75, 3.05) is 5.32 Å². The first-order valence-electron chi connectivity index (χ1n) is 15.1. The highest BCUT2D eigenvalue weighted by Gasteiger charge is 2.56. The molecule has 4 aliphatic carbocycles. The molecule has 4 aromatic carbocycles. The molecule has 0 saturated heterocycles. The van der Waals surface area contributed by atoms with E-state index in [4.69, 9.17) is 0 Å². The van der Waals surface area contributed by atoms with E-state index in [0.29, 0.717) is 5.92 Å². The lowest BCUT2D eigenvalue weighted by Gasteiger charge is -2.54. The van der Waals surface area contributed by atoms with E-state index in [1.165, 1.54) is 70.4 Å². The predicted octanol–water partition coefficient (Wildman–Crippen LogP) is 10.1. The third-order valence-corrected chi connectivity index (χ3v) is 11.2. The van der Waals surface area contributed by atoms with Gasteiger partial charge in [-0.25, -0.2) is 0 Å². The van der Waals surface area contributed by atoms with Crippen molar-refractivity contribution >= 4 is 11.4 Å². The predicted molar refractivity (Wildman–Crippen MR) is 164 cm³/mol. The lowest BCUT2D eigenvalue weighted by atomic mass is 9.49. The van der Waals surface area contributed by atoms with Crippen LogP contribution in [0.4, 0.5) is 11.4 Å². The number of benzene rings is 4. The summed E-state index contributed by atoms with van der Waals surface area (Å²) < 4.78 is 0. The van der Waals surface area contributed by atoms with Gasteiger partial charge in [0.15, 0.2) is 0 Å². The highest BCUT2D eigenvalue weighted by molar-refractivity contribution is 5.92. The molecule has 1 spiro atoms. The van der Waals surface area contributed by atoms with Crippen molar-refractivity contribution in [1.82, 2.24) is 0 Å². The summed E-state index contributed by atoms with van der Waals surface area (Å²) in [4.78, 5) is 0. The van der Waals surface area contributed by atoms with Gasteiger partial charge in [0, 0.05) is 27.8 Å². The second kappa shape index (κ2) is 8.10. The van der Waals surface area contributed by atoms with Gasteiger partial charge in [-0.1, -0.05) is 94.4 Å². The summed E-state index contributed by atoms with van der Waals surface area (Å²) in [7, 11) is 0. The van der Waals surface area contributed by atoms with Gasteiger partial charge in [0.2, 0.25) is 0 Å².